The maximum absolute atomic E-state index is 5.97. The predicted octanol–water partition coefficient (Wildman–Crippen LogP) is 3.04. The van der Waals surface area contributed by atoms with E-state index in [2.05, 4.69) is 30.7 Å². The lowest BCUT2D eigenvalue weighted by Crippen LogP contribution is -2.37. The maximum atomic E-state index is 5.97. The molecule has 0 fully saturated rings. The third-order valence-electron chi connectivity index (χ3n) is 3.09. The molecule has 0 aromatic carbocycles. The van der Waals surface area contributed by atoms with Crippen LogP contribution in [0.15, 0.2) is 23.3 Å². The number of aromatic nitrogens is 1. The topological polar surface area (TPSA) is 63.7 Å². The minimum atomic E-state index is 0. The maximum Gasteiger partial charge on any atom is 0.218 e. The fourth-order valence-corrected chi connectivity index (χ4v) is 1.80. The highest BCUT2D eigenvalue weighted by Crippen LogP contribution is 2.15. The summed E-state index contributed by atoms with van der Waals surface area (Å²) in [7, 11) is 0. The van der Waals surface area contributed by atoms with Gasteiger partial charge in [-0.05, 0) is 26.3 Å². The molecule has 1 aromatic heterocycles. The lowest BCUT2D eigenvalue weighted by atomic mass is 10.2. The number of hydrogen-bond acceptors (Lipinski definition) is 3. The smallest absolute Gasteiger partial charge is 0.218 e. The average Bonchev–Trinajstić information content (AvgIpc) is 2.48. The van der Waals surface area contributed by atoms with E-state index in [9.17, 15) is 0 Å². The van der Waals surface area contributed by atoms with Gasteiger partial charge < -0.3 is 15.4 Å². The molecule has 0 saturated carbocycles. The first-order chi connectivity index (χ1) is 9.72. The highest BCUT2D eigenvalue weighted by molar-refractivity contribution is 14.0. The van der Waals surface area contributed by atoms with Crippen LogP contribution in [-0.2, 0) is 6.54 Å². The zero-order valence-corrected chi connectivity index (χ0v) is 15.5. The molecule has 120 valence electrons. The molecule has 0 aliphatic rings. The van der Waals surface area contributed by atoms with Gasteiger partial charge in [-0.1, -0.05) is 19.4 Å². The van der Waals surface area contributed by atoms with Crippen molar-refractivity contribution in [2.45, 2.75) is 40.2 Å². The van der Waals surface area contributed by atoms with Crippen molar-refractivity contribution in [1.29, 1.82) is 0 Å². The van der Waals surface area contributed by atoms with Crippen molar-refractivity contribution in [3.63, 3.8) is 0 Å². The van der Waals surface area contributed by atoms with Crippen LogP contribution < -0.4 is 10.5 Å². The normalized spacial score (nSPS) is 10.9. The molecule has 1 heterocycles. The zero-order valence-electron chi connectivity index (χ0n) is 13.2. The number of aliphatic imine (C=N–C) groups is 1. The molecule has 0 amide bonds. The Hall–Kier alpha value is -1.05. The van der Waals surface area contributed by atoms with Crippen LogP contribution in [0.3, 0.4) is 0 Å². The van der Waals surface area contributed by atoms with E-state index in [-0.39, 0.29) is 24.0 Å². The molecule has 0 atom stereocenters. The summed E-state index contributed by atoms with van der Waals surface area (Å²) in [5.74, 6) is 1.23. The lowest BCUT2D eigenvalue weighted by molar-refractivity contribution is 0.294. The van der Waals surface area contributed by atoms with Crippen molar-refractivity contribution >= 4 is 29.9 Å². The third-order valence-corrected chi connectivity index (χ3v) is 3.09. The average molecular weight is 406 g/mol. The summed E-state index contributed by atoms with van der Waals surface area (Å²) < 4.78 is 5.69. The minimum Gasteiger partial charge on any atom is -0.477 e. The molecule has 0 aliphatic carbocycles. The Balaban J connectivity index is 0.00000400. The predicted molar refractivity (Wildman–Crippen MR) is 98.3 cm³/mol. The minimum absolute atomic E-state index is 0. The molecule has 0 radical (unpaired) electrons. The molecule has 5 nitrogen and oxygen atoms in total. The molecule has 0 saturated heterocycles. The molecule has 21 heavy (non-hydrogen) atoms. The van der Waals surface area contributed by atoms with Crippen molar-refractivity contribution in [2.24, 2.45) is 10.7 Å². The largest absolute Gasteiger partial charge is 0.477 e. The summed E-state index contributed by atoms with van der Waals surface area (Å²) in [6.45, 7) is 9.17. The van der Waals surface area contributed by atoms with Gasteiger partial charge in [0.25, 0.3) is 0 Å². The quantitative estimate of drug-likeness (QED) is 0.312. The SMILES string of the molecule is CCCCOc1ncccc1CN=C(N)N(CC)CC.I. The first-order valence-electron chi connectivity index (χ1n) is 7.34. The summed E-state index contributed by atoms with van der Waals surface area (Å²) in [6.07, 6.45) is 3.87. The van der Waals surface area contributed by atoms with Crippen molar-refractivity contribution < 1.29 is 4.74 Å². The molecule has 1 rings (SSSR count). The van der Waals surface area contributed by atoms with Crippen molar-refractivity contribution in [3.8, 4) is 5.88 Å². The number of hydrogen-bond donors (Lipinski definition) is 1. The van der Waals surface area contributed by atoms with Gasteiger partial charge in [-0.15, -0.1) is 24.0 Å². The Morgan fingerprint density at radius 2 is 2.05 bits per heavy atom. The Kier molecular flexibility index (Phi) is 11.0. The van der Waals surface area contributed by atoms with Crippen molar-refractivity contribution in [1.82, 2.24) is 9.88 Å². The lowest BCUT2D eigenvalue weighted by Gasteiger charge is -2.19. The van der Waals surface area contributed by atoms with E-state index in [1.807, 2.05) is 17.0 Å². The summed E-state index contributed by atoms with van der Waals surface area (Å²) in [4.78, 5) is 10.7. The van der Waals surface area contributed by atoms with E-state index in [0.717, 1.165) is 31.5 Å². The molecule has 1 aromatic rings. The summed E-state index contributed by atoms with van der Waals surface area (Å²) in [5, 5.41) is 0. The standard InChI is InChI=1S/C15H26N4O.HI/c1-4-7-11-20-14-13(9-8-10-17-14)12-18-15(16)19(5-2)6-3;/h8-10H,4-7,11-12H2,1-3H3,(H2,16,18);1H. The van der Waals surface area contributed by atoms with Crippen LogP contribution >= 0.6 is 24.0 Å². The number of ether oxygens (including phenoxy) is 1. The summed E-state index contributed by atoms with van der Waals surface area (Å²) in [5.41, 5.74) is 6.94. The number of guanidine groups is 1. The monoisotopic (exact) mass is 406 g/mol. The van der Waals surface area contributed by atoms with Crippen LogP contribution in [-0.4, -0.2) is 35.5 Å². The van der Waals surface area contributed by atoms with E-state index in [1.165, 1.54) is 0 Å². The molecule has 6 heteroatoms. The Bertz CT molecular complexity index is 422. The van der Waals surface area contributed by atoms with E-state index in [1.54, 1.807) is 6.20 Å². The van der Waals surface area contributed by atoms with Crippen LogP contribution in [0.2, 0.25) is 0 Å². The summed E-state index contributed by atoms with van der Waals surface area (Å²) in [6, 6.07) is 3.87. The highest BCUT2D eigenvalue weighted by atomic mass is 127. The number of nitrogens with two attached hydrogens (primary N) is 1. The third kappa shape index (κ3) is 6.97. The van der Waals surface area contributed by atoms with Crippen LogP contribution in [0, 0.1) is 0 Å². The zero-order chi connectivity index (χ0) is 14.8. The Morgan fingerprint density at radius 1 is 1.33 bits per heavy atom. The van der Waals surface area contributed by atoms with Crippen molar-refractivity contribution in [2.75, 3.05) is 19.7 Å². The van der Waals surface area contributed by atoms with Gasteiger partial charge in [-0.25, -0.2) is 9.98 Å². The van der Waals surface area contributed by atoms with Crippen LogP contribution in [0.5, 0.6) is 5.88 Å². The Labute approximate surface area is 145 Å². The van der Waals surface area contributed by atoms with Gasteiger partial charge in [0.15, 0.2) is 5.96 Å². The second kappa shape index (κ2) is 11.6. The molecule has 0 bridgehead atoms. The fourth-order valence-electron chi connectivity index (χ4n) is 1.80. The summed E-state index contributed by atoms with van der Waals surface area (Å²) >= 11 is 0. The van der Waals surface area contributed by atoms with Gasteiger partial charge in [0.05, 0.1) is 13.2 Å². The number of halogens is 1. The van der Waals surface area contributed by atoms with Gasteiger partial charge in [-0.2, -0.15) is 0 Å². The fraction of sp³-hybridized carbons (Fsp3) is 0.600. The molecule has 0 spiro atoms. The Morgan fingerprint density at radius 3 is 2.67 bits per heavy atom. The van der Waals surface area contributed by atoms with E-state index in [4.69, 9.17) is 10.5 Å². The first-order valence-corrected chi connectivity index (χ1v) is 7.34. The molecular formula is C15H27IN4O. The van der Waals surface area contributed by atoms with Crippen molar-refractivity contribution in [3.05, 3.63) is 23.9 Å². The van der Waals surface area contributed by atoms with Crippen LogP contribution in [0.1, 0.15) is 39.2 Å². The molecule has 0 unspecified atom stereocenters. The number of rotatable bonds is 8. The molecular weight excluding hydrogens is 379 g/mol. The van der Waals surface area contributed by atoms with E-state index < -0.39 is 0 Å². The van der Waals surface area contributed by atoms with Gasteiger partial charge >= 0.3 is 0 Å². The highest BCUT2D eigenvalue weighted by Gasteiger charge is 2.06. The number of nitrogens with zero attached hydrogens (tertiary/aromatic N) is 3. The molecule has 0 aliphatic heterocycles. The van der Waals surface area contributed by atoms with Gasteiger partial charge in [-0.3, -0.25) is 0 Å². The van der Waals surface area contributed by atoms with E-state index >= 15 is 0 Å². The van der Waals surface area contributed by atoms with Crippen LogP contribution in [0.25, 0.3) is 0 Å². The second-order valence-electron chi connectivity index (χ2n) is 4.52. The number of pyridine rings is 1. The molecule has 2 N–H and O–H groups in total. The number of unbranched alkanes of at least 4 members (excludes halogenated alkanes) is 1. The van der Waals surface area contributed by atoms with E-state index in [0.29, 0.717) is 25.0 Å². The van der Waals surface area contributed by atoms with Gasteiger partial charge in [0, 0.05) is 24.8 Å². The van der Waals surface area contributed by atoms with Crippen LogP contribution in [0.4, 0.5) is 0 Å². The van der Waals surface area contributed by atoms with Gasteiger partial charge in [0.1, 0.15) is 0 Å². The second-order valence-corrected chi connectivity index (χ2v) is 4.52. The first kappa shape index (κ1) is 19.9. The van der Waals surface area contributed by atoms with Gasteiger partial charge in [0.2, 0.25) is 5.88 Å².